The number of hydrogen-bond donors (Lipinski definition) is 1. The zero-order chi connectivity index (χ0) is 12.9. The molecule has 0 unspecified atom stereocenters. The van der Waals surface area contributed by atoms with Gasteiger partial charge in [-0.05, 0) is 55.0 Å². The lowest BCUT2D eigenvalue weighted by Crippen LogP contribution is -2.12. The Bertz CT molecular complexity index is 528. The van der Waals surface area contributed by atoms with E-state index in [4.69, 9.17) is 0 Å². The summed E-state index contributed by atoms with van der Waals surface area (Å²) in [5.41, 5.74) is 2.19. The molecule has 2 aliphatic carbocycles. The number of phenols is 1. The molecule has 0 aliphatic heterocycles. The number of carbonyl (C=O) groups excluding carboxylic acids is 1. The zero-order valence-electron chi connectivity index (χ0n) is 10.2. The standard InChI is InChI=1S/C15H15BrO2/c1-15(16)7-12-11(6-14(18)13(12)8-15)9-2-4-10(17)5-3-9/h2-6,12-13,17H,7-8H2,1H3/t12-,13-,15-/m1/s1. The van der Waals surface area contributed by atoms with Crippen LogP contribution in [0.1, 0.15) is 25.3 Å². The van der Waals surface area contributed by atoms with Crippen LogP contribution in [0.5, 0.6) is 5.75 Å². The first-order valence-electron chi connectivity index (χ1n) is 6.20. The van der Waals surface area contributed by atoms with Crippen molar-refractivity contribution >= 4 is 27.3 Å². The van der Waals surface area contributed by atoms with Gasteiger partial charge in [0.15, 0.2) is 5.78 Å². The highest BCUT2D eigenvalue weighted by Crippen LogP contribution is 2.53. The summed E-state index contributed by atoms with van der Waals surface area (Å²) < 4.78 is 0.0778. The quantitative estimate of drug-likeness (QED) is 0.806. The fraction of sp³-hybridized carbons (Fsp3) is 0.400. The fourth-order valence-electron chi connectivity index (χ4n) is 3.23. The third kappa shape index (κ3) is 1.91. The monoisotopic (exact) mass is 306 g/mol. The van der Waals surface area contributed by atoms with Gasteiger partial charge < -0.3 is 5.11 Å². The summed E-state index contributed by atoms with van der Waals surface area (Å²) in [6.45, 7) is 2.16. The van der Waals surface area contributed by atoms with Crippen molar-refractivity contribution in [1.82, 2.24) is 0 Å². The lowest BCUT2D eigenvalue weighted by atomic mass is 9.90. The van der Waals surface area contributed by atoms with Crippen LogP contribution in [0.15, 0.2) is 30.3 Å². The summed E-state index contributed by atoms with van der Waals surface area (Å²) in [6.07, 6.45) is 3.70. The smallest absolute Gasteiger partial charge is 0.159 e. The first kappa shape index (κ1) is 12.0. The minimum Gasteiger partial charge on any atom is -0.508 e. The Morgan fingerprint density at radius 2 is 1.83 bits per heavy atom. The lowest BCUT2D eigenvalue weighted by molar-refractivity contribution is -0.117. The lowest BCUT2D eigenvalue weighted by Gasteiger charge is -2.16. The van der Waals surface area contributed by atoms with Crippen LogP contribution in [0, 0.1) is 11.8 Å². The van der Waals surface area contributed by atoms with Gasteiger partial charge in [0.1, 0.15) is 5.75 Å². The van der Waals surface area contributed by atoms with Gasteiger partial charge in [0.25, 0.3) is 0 Å². The molecule has 94 valence electrons. The zero-order valence-corrected chi connectivity index (χ0v) is 11.8. The van der Waals surface area contributed by atoms with Crippen molar-refractivity contribution in [3.8, 4) is 5.75 Å². The predicted molar refractivity (Wildman–Crippen MR) is 74.6 cm³/mol. The Hall–Kier alpha value is -1.09. The summed E-state index contributed by atoms with van der Waals surface area (Å²) in [5, 5.41) is 9.33. The topological polar surface area (TPSA) is 37.3 Å². The number of fused-ring (bicyclic) bond motifs is 1. The molecule has 1 saturated carbocycles. The average molecular weight is 307 g/mol. The van der Waals surface area contributed by atoms with Crippen LogP contribution in [-0.4, -0.2) is 15.2 Å². The average Bonchev–Trinajstić information content (AvgIpc) is 2.76. The van der Waals surface area contributed by atoms with Crippen molar-refractivity contribution in [1.29, 1.82) is 0 Å². The molecule has 0 radical (unpaired) electrons. The second-order valence-electron chi connectivity index (χ2n) is 5.58. The summed E-state index contributed by atoms with van der Waals surface area (Å²) in [7, 11) is 0. The van der Waals surface area contributed by atoms with E-state index < -0.39 is 0 Å². The maximum atomic E-state index is 12.0. The van der Waals surface area contributed by atoms with E-state index in [0.29, 0.717) is 5.92 Å². The molecule has 0 spiro atoms. The molecule has 3 atom stereocenters. The maximum absolute atomic E-state index is 12.0. The van der Waals surface area contributed by atoms with E-state index in [1.165, 1.54) is 0 Å². The molecule has 3 rings (SSSR count). The Morgan fingerprint density at radius 3 is 2.50 bits per heavy atom. The normalized spacial score (nSPS) is 34.6. The number of aromatic hydroxyl groups is 1. The number of halogens is 1. The number of rotatable bonds is 1. The minimum absolute atomic E-state index is 0.0778. The van der Waals surface area contributed by atoms with E-state index in [1.807, 2.05) is 12.1 Å². The number of ketones is 1. The number of allylic oxidation sites excluding steroid dienone is 2. The van der Waals surface area contributed by atoms with Gasteiger partial charge in [-0.15, -0.1) is 0 Å². The molecule has 0 heterocycles. The third-order valence-corrected chi connectivity index (χ3v) is 4.69. The molecule has 0 amide bonds. The van der Waals surface area contributed by atoms with E-state index >= 15 is 0 Å². The number of benzene rings is 1. The van der Waals surface area contributed by atoms with Crippen molar-refractivity contribution in [2.75, 3.05) is 0 Å². The van der Waals surface area contributed by atoms with E-state index in [2.05, 4.69) is 22.9 Å². The molecular weight excluding hydrogens is 292 g/mol. The molecule has 2 aliphatic rings. The summed E-state index contributed by atoms with van der Waals surface area (Å²) >= 11 is 3.72. The number of phenolic OH excluding ortho intramolecular Hbond substituents is 1. The molecular formula is C15H15BrO2. The second kappa shape index (κ2) is 3.95. The maximum Gasteiger partial charge on any atom is 0.159 e. The van der Waals surface area contributed by atoms with E-state index in [-0.39, 0.29) is 21.8 Å². The van der Waals surface area contributed by atoms with Gasteiger partial charge in [0.05, 0.1) is 0 Å². The summed E-state index contributed by atoms with van der Waals surface area (Å²) in [6, 6.07) is 7.13. The summed E-state index contributed by atoms with van der Waals surface area (Å²) in [4.78, 5) is 12.0. The van der Waals surface area contributed by atoms with Gasteiger partial charge >= 0.3 is 0 Å². The molecule has 0 aromatic heterocycles. The van der Waals surface area contributed by atoms with Gasteiger partial charge in [-0.3, -0.25) is 4.79 Å². The molecule has 1 N–H and O–H groups in total. The molecule has 2 nitrogen and oxygen atoms in total. The van der Waals surface area contributed by atoms with Crippen LogP contribution in [0.25, 0.3) is 5.57 Å². The third-order valence-electron chi connectivity index (χ3n) is 4.04. The van der Waals surface area contributed by atoms with Crippen molar-refractivity contribution in [3.63, 3.8) is 0 Å². The molecule has 18 heavy (non-hydrogen) atoms. The highest BCUT2D eigenvalue weighted by atomic mass is 79.9. The van der Waals surface area contributed by atoms with Crippen LogP contribution in [-0.2, 0) is 4.79 Å². The Labute approximate surface area is 115 Å². The van der Waals surface area contributed by atoms with Gasteiger partial charge in [0, 0.05) is 10.2 Å². The van der Waals surface area contributed by atoms with Gasteiger partial charge in [-0.25, -0.2) is 0 Å². The number of alkyl halides is 1. The van der Waals surface area contributed by atoms with E-state index in [9.17, 15) is 9.90 Å². The number of carbonyl (C=O) groups is 1. The highest BCUT2D eigenvalue weighted by Gasteiger charge is 2.48. The van der Waals surface area contributed by atoms with E-state index in [1.54, 1.807) is 18.2 Å². The second-order valence-corrected chi connectivity index (χ2v) is 7.50. The molecule has 0 bridgehead atoms. The van der Waals surface area contributed by atoms with E-state index in [0.717, 1.165) is 24.0 Å². The largest absolute Gasteiger partial charge is 0.508 e. The van der Waals surface area contributed by atoms with Crippen LogP contribution in [0.3, 0.4) is 0 Å². The SMILES string of the molecule is C[C@@]1(Br)C[C@@H]2C(c3ccc(O)cc3)=CC(=O)[C@@H]2C1. The predicted octanol–water partition coefficient (Wildman–Crippen LogP) is 3.54. The summed E-state index contributed by atoms with van der Waals surface area (Å²) in [5.74, 6) is 0.979. The molecule has 1 fully saturated rings. The molecule has 3 heteroatoms. The van der Waals surface area contributed by atoms with Gasteiger partial charge in [-0.2, -0.15) is 0 Å². The van der Waals surface area contributed by atoms with Crippen LogP contribution in [0.2, 0.25) is 0 Å². The fourth-order valence-corrected chi connectivity index (χ4v) is 3.93. The first-order valence-corrected chi connectivity index (χ1v) is 6.99. The Balaban J connectivity index is 1.96. The van der Waals surface area contributed by atoms with Crippen molar-refractivity contribution in [3.05, 3.63) is 35.9 Å². The highest BCUT2D eigenvalue weighted by molar-refractivity contribution is 9.10. The Morgan fingerprint density at radius 1 is 1.22 bits per heavy atom. The van der Waals surface area contributed by atoms with Crippen molar-refractivity contribution < 1.29 is 9.90 Å². The Kier molecular flexibility index (Phi) is 2.63. The first-order chi connectivity index (χ1) is 8.46. The minimum atomic E-state index is 0.0778. The van der Waals surface area contributed by atoms with Crippen LogP contribution in [0.4, 0.5) is 0 Å². The van der Waals surface area contributed by atoms with Gasteiger partial charge in [0.2, 0.25) is 0 Å². The van der Waals surface area contributed by atoms with Crippen LogP contribution >= 0.6 is 15.9 Å². The van der Waals surface area contributed by atoms with Crippen LogP contribution < -0.4 is 0 Å². The van der Waals surface area contributed by atoms with Crippen molar-refractivity contribution in [2.24, 2.45) is 11.8 Å². The van der Waals surface area contributed by atoms with Crippen molar-refractivity contribution in [2.45, 2.75) is 24.1 Å². The molecule has 1 aromatic rings. The molecule has 1 aromatic carbocycles. The van der Waals surface area contributed by atoms with Gasteiger partial charge in [-0.1, -0.05) is 28.1 Å². The number of hydrogen-bond acceptors (Lipinski definition) is 2. The molecule has 0 saturated heterocycles.